The lowest BCUT2D eigenvalue weighted by atomic mass is 10.3. The van der Waals surface area contributed by atoms with Crippen molar-refractivity contribution in [3.05, 3.63) is 16.7 Å². The number of unbranched alkanes of at least 4 members (excludes halogenated alkanes) is 1. The number of fused-ring (bicyclic) bond motifs is 1. The van der Waals surface area contributed by atoms with Gasteiger partial charge in [-0.1, -0.05) is 0 Å². The van der Waals surface area contributed by atoms with Gasteiger partial charge in [0.1, 0.15) is 6.73 Å². The van der Waals surface area contributed by atoms with E-state index < -0.39 is 0 Å². The van der Waals surface area contributed by atoms with Crippen LogP contribution >= 0.6 is 0 Å². The molecule has 0 aliphatic carbocycles. The fraction of sp³-hybridized carbons (Fsp3) is 0.500. The molecule has 0 fully saturated rings. The Morgan fingerprint density at radius 3 is 3.00 bits per heavy atom. The number of nitrogens with one attached hydrogen (secondary N) is 1. The smallest absolute Gasteiger partial charge is 0.280 e. The molecule has 9 nitrogen and oxygen atoms in total. The van der Waals surface area contributed by atoms with Crippen molar-refractivity contribution in [1.29, 1.82) is 0 Å². The van der Waals surface area contributed by atoms with Crippen molar-refractivity contribution in [2.75, 3.05) is 18.9 Å². The highest BCUT2D eigenvalue weighted by Crippen LogP contribution is 2.06. The first-order valence-electron chi connectivity index (χ1n) is 5.61. The topological polar surface area (TPSA) is 151 Å². The number of ether oxygens (including phenoxy) is 1. The number of hydrogen-bond acceptors (Lipinski definition) is 6. The normalized spacial score (nSPS) is 10.6. The molecular weight excluding hydrogens is 254 g/mol. The number of aromatic amines is 1. The molecule has 2 aromatic rings. The van der Waals surface area contributed by atoms with Gasteiger partial charge in [-0.25, -0.2) is 4.98 Å². The van der Waals surface area contributed by atoms with Gasteiger partial charge < -0.3 is 21.1 Å². The van der Waals surface area contributed by atoms with Crippen LogP contribution in [0.3, 0.4) is 0 Å². The monoisotopic (exact) mass is 271 g/mol. The number of aliphatic hydroxyl groups excluding tert-OH is 1. The van der Waals surface area contributed by atoms with Gasteiger partial charge in [0.15, 0.2) is 11.2 Å². The number of aliphatic hydroxyl groups is 1. The lowest BCUT2D eigenvalue weighted by Gasteiger charge is -2.05. The number of nitrogens with zero attached hydrogens (tertiary/aromatic N) is 3. The maximum atomic E-state index is 11.5. The summed E-state index contributed by atoms with van der Waals surface area (Å²) in [6.07, 6.45) is 2.97. The summed E-state index contributed by atoms with van der Waals surface area (Å²) in [7, 11) is 0. The van der Waals surface area contributed by atoms with Crippen molar-refractivity contribution in [2.24, 2.45) is 0 Å². The third-order valence-electron chi connectivity index (χ3n) is 2.42. The van der Waals surface area contributed by atoms with E-state index in [1.807, 2.05) is 0 Å². The molecule has 0 aromatic carbocycles. The van der Waals surface area contributed by atoms with Crippen LogP contribution in [0.1, 0.15) is 12.8 Å². The summed E-state index contributed by atoms with van der Waals surface area (Å²) in [6.45, 7) is 0.932. The predicted molar refractivity (Wildman–Crippen MR) is 68.4 cm³/mol. The molecule has 0 radical (unpaired) electrons. The van der Waals surface area contributed by atoms with Crippen LogP contribution in [0.5, 0.6) is 0 Å². The van der Waals surface area contributed by atoms with Gasteiger partial charge in [0.05, 0.1) is 6.33 Å². The van der Waals surface area contributed by atoms with Gasteiger partial charge >= 0.3 is 0 Å². The second-order valence-electron chi connectivity index (χ2n) is 3.81. The Labute approximate surface area is 108 Å². The Balaban J connectivity index is 0.00000180. The highest BCUT2D eigenvalue weighted by molar-refractivity contribution is 5.70. The molecule has 0 bridgehead atoms. The first-order valence-corrected chi connectivity index (χ1v) is 5.61. The van der Waals surface area contributed by atoms with Crippen LogP contribution in [0, 0.1) is 0 Å². The van der Waals surface area contributed by atoms with Gasteiger partial charge in [-0.05, 0) is 12.8 Å². The third kappa shape index (κ3) is 3.50. The zero-order valence-electron chi connectivity index (χ0n) is 10.3. The van der Waals surface area contributed by atoms with E-state index in [4.69, 9.17) is 15.6 Å². The highest BCUT2D eigenvalue weighted by Gasteiger charge is 2.08. The summed E-state index contributed by atoms with van der Waals surface area (Å²) >= 11 is 0. The van der Waals surface area contributed by atoms with E-state index in [9.17, 15) is 4.79 Å². The zero-order valence-corrected chi connectivity index (χ0v) is 10.3. The first-order chi connectivity index (χ1) is 8.72. The molecule has 2 heterocycles. The molecule has 0 saturated carbocycles. The van der Waals surface area contributed by atoms with E-state index in [1.54, 1.807) is 4.57 Å². The molecular formula is C10H17N5O4. The van der Waals surface area contributed by atoms with E-state index in [0.29, 0.717) is 18.7 Å². The van der Waals surface area contributed by atoms with E-state index in [2.05, 4.69) is 15.0 Å². The van der Waals surface area contributed by atoms with Gasteiger partial charge in [-0.2, -0.15) is 4.98 Å². The first kappa shape index (κ1) is 15.1. The fourth-order valence-electron chi connectivity index (χ4n) is 1.54. The summed E-state index contributed by atoms with van der Waals surface area (Å²) in [5, 5.41) is 8.62. The lowest BCUT2D eigenvalue weighted by molar-refractivity contribution is 0.0735. The molecule has 0 atom stereocenters. The van der Waals surface area contributed by atoms with Gasteiger partial charge in [-0.15, -0.1) is 0 Å². The van der Waals surface area contributed by atoms with Crippen LogP contribution in [-0.4, -0.2) is 43.3 Å². The average Bonchev–Trinajstić information content (AvgIpc) is 2.72. The molecule has 2 aromatic heterocycles. The van der Waals surface area contributed by atoms with Crippen molar-refractivity contribution in [3.8, 4) is 0 Å². The zero-order chi connectivity index (χ0) is 13.0. The minimum Gasteiger partial charge on any atom is -0.412 e. The second-order valence-corrected chi connectivity index (χ2v) is 3.81. The molecule has 0 unspecified atom stereocenters. The Morgan fingerprint density at radius 2 is 2.26 bits per heavy atom. The predicted octanol–water partition coefficient (Wildman–Crippen LogP) is -1.38. The molecule has 2 rings (SSSR count). The van der Waals surface area contributed by atoms with E-state index in [1.165, 1.54) is 6.33 Å². The van der Waals surface area contributed by atoms with Crippen LogP contribution in [0.2, 0.25) is 0 Å². The molecule has 6 N–H and O–H groups in total. The molecule has 19 heavy (non-hydrogen) atoms. The molecule has 0 amide bonds. The maximum Gasteiger partial charge on any atom is 0.280 e. The van der Waals surface area contributed by atoms with Gasteiger partial charge in [0.2, 0.25) is 5.95 Å². The van der Waals surface area contributed by atoms with Crippen molar-refractivity contribution in [3.63, 3.8) is 0 Å². The summed E-state index contributed by atoms with van der Waals surface area (Å²) in [6, 6.07) is 0. The number of nitrogens with two attached hydrogens (primary N) is 1. The van der Waals surface area contributed by atoms with Crippen molar-refractivity contribution >= 4 is 17.1 Å². The van der Waals surface area contributed by atoms with E-state index in [-0.39, 0.29) is 35.8 Å². The number of rotatable bonds is 6. The standard InChI is InChI=1S/C10H15N5O3.H2O/c11-10-13-8-7(9(17)14-10)12-5-15(8)6-18-4-2-1-3-16;/h5,16H,1-4,6H2,(H3,11,13,14,17);1H2. The van der Waals surface area contributed by atoms with E-state index >= 15 is 0 Å². The number of anilines is 1. The summed E-state index contributed by atoms with van der Waals surface area (Å²) in [4.78, 5) is 21.9. The quantitative estimate of drug-likeness (QED) is 0.551. The Hall–Kier alpha value is -1.97. The molecule has 0 aliphatic rings. The van der Waals surface area contributed by atoms with Gasteiger partial charge in [0.25, 0.3) is 5.56 Å². The fourth-order valence-corrected chi connectivity index (χ4v) is 1.54. The largest absolute Gasteiger partial charge is 0.412 e. The van der Waals surface area contributed by atoms with Crippen molar-refractivity contribution in [2.45, 2.75) is 19.6 Å². The van der Waals surface area contributed by atoms with Crippen LogP contribution in [0.4, 0.5) is 5.95 Å². The number of H-pyrrole nitrogens is 1. The number of aromatic nitrogens is 4. The molecule has 0 spiro atoms. The summed E-state index contributed by atoms with van der Waals surface area (Å²) in [5.74, 6) is 0.0505. The minimum atomic E-state index is -0.364. The maximum absolute atomic E-state index is 11.5. The van der Waals surface area contributed by atoms with Crippen LogP contribution in [0.15, 0.2) is 11.1 Å². The van der Waals surface area contributed by atoms with E-state index in [0.717, 1.165) is 6.42 Å². The summed E-state index contributed by atoms with van der Waals surface area (Å²) < 4.78 is 7.00. The SMILES string of the molecule is Nc1nc2c(ncn2COCCCCO)c(=O)[nH]1.O. The molecule has 106 valence electrons. The summed E-state index contributed by atoms with van der Waals surface area (Å²) in [5.41, 5.74) is 5.75. The number of nitrogen functional groups attached to an aromatic ring is 1. The second kappa shape index (κ2) is 6.83. The Bertz CT molecular complexity index is 579. The van der Waals surface area contributed by atoms with Crippen LogP contribution in [0.25, 0.3) is 11.2 Å². The number of imidazole rings is 1. The molecule has 9 heteroatoms. The van der Waals surface area contributed by atoms with Crippen LogP contribution < -0.4 is 11.3 Å². The number of hydrogen-bond donors (Lipinski definition) is 3. The lowest BCUT2D eigenvalue weighted by Crippen LogP contribution is -2.12. The molecule has 0 saturated heterocycles. The van der Waals surface area contributed by atoms with Gasteiger partial charge in [0, 0.05) is 13.2 Å². The average molecular weight is 271 g/mol. The Kier molecular flexibility index (Phi) is 5.42. The Morgan fingerprint density at radius 1 is 1.47 bits per heavy atom. The van der Waals surface area contributed by atoms with Gasteiger partial charge in [-0.3, -0.25) is 14.3 Å². The van der Waals surface area contributed by atoms with Crippen LogP contribution in [-0.2, 0) is 11.5 Å². The highest BCUT2D eigenvalue weighted by atomic mass is 16.5. The third-order valence-corrected chi connectivity index (χ3v) is 2.42. The minimum absolute atomic E-state index is 0. The van der Waals surface area contributed by atoms with Crippen molar-refractivity contribution < 1.29 is 15.3 Å². The van der Waals surface area contributed by atoms with Crippen molar-refractivity contribution in [1.82, 2.24) is 19.5 Å². The molecule has 0 aliphatic heterocycles.